The number of carboxylic acid groups (broad SMARTS) is 1. The van der Waals surface area contributed by atoms with E-state index in [1.54, 1.807) is 0 Å². The number of carboxylic acids is 1. The molecular formula is C5H5NO3. The molecule has 0 amide bonds. The molecule has 1 rings (SSSR count). The predicted octanol–water partition coefficient (Wildman–Crippen LogP) is -0.600. The van der Waals surface area contributed by atoms with Crippen LogP contribution >= 0.6 is 0 Å². The number of aliphatic hydroxyl groups excluding tert-OH is 1. The van der Waals surface area contributed by atoms with Crippen molar-refractivity contribution in [3.05, 3.63) is 11.6 Å². The summed E-state index contributed by atoms with van der Waals surface area (Å²) in [5, 5.41) is 17.0. The topological polar surface area (TPSA) is 69.9 Å². The third-order valence-corrected chi connectivity index (χ3v) is 1.01. The van der Waals surface area contributed by atoms with Crippen molar-refractivity contribution >= 4 is 12.2 Å². The molecular weight excluding hydrogens is 122 g/mol. The molecule has 48 valence electrons. The van der Waals surface area contributed by atoms with Gasteiger partial charge in [-0.05, 0) is 6.08 Å². The number of carbonyl (C=O) groups is 1. The molecule has 0 aliphatic carbocycles. The fraction of sp³-hybridized carbons (Fsp3) is 0.200. The average molecular weight is 127 g/mol. The molecule has 0 saturated carbocycles. The molecule has 0 aromatic carbocycles. The first-order chi connectivity index (χ1) is 4.22. The van der Waals surface area contributed by atoms with Gasteiger partial charge < -0.3 is 10.2 Å². The van der Waals surface area contributed by atoms with E-state index in [2.05, 4.69) is 4.99 Å². The first kappa shape index (κ1) is 5.97. The summed E-state index contributed by atoms with van der Waals surface area (Å²) >= 11 is 0. The molecule has 1 heterocycles. The van der Waals surface area contributed by atoms with Crippen LogP contribution in [0.3, 0.4) is 0 Å². The lowest BCUT2D eigenvalue weighted by Crippen LogP contribution is -2.11. The molecule has 0 saturated heterocycles. The van der Waals surface area contributed by atoms with E-state index in [-0.39, 0.29) is 5.57 Å². The molecule has 0 radical (unpaired) electrons. The van der Waals surface area contributed by atoms with Crippen LogP contribution in [0.15, 0.2) is 16.6 Å². The summed E-state index contributed by atoms with van der Waals surface area (Å²) in [6, 6.07) is 0. The molecule has 9 heavy (non-hydrogen) atoms. The zero-order chi connectivity index (χ0) is 6.85. The maximum atomic E-state index is 10.1. The standard InChI is InChI=1S/C5H5NO3/c7-4-3(5(8)9)1-2-6-4/h1-2,4,7H,(H,8,9). The van der Waals surface area contributed by atoms with Gasteiger partial charge in [-0.3, -0.25) is 4.99 Å². The van der Waals surface area contributed by atoms with Crippen LogP contribution in [0, 0.1) is 0 Å². The highest BCUT2D eigenvalue weighted by Crippen LogP contribution is 2.07. The summed E-state index contributed by atoms with van der Waals surface area (Å²) < 4.78 is 0. The Morgan fingerprint density at radius 2 is 2.44 bits per heavy atom. The van der Waals surface area contributed by atoms with Gasteiger partial charge >= 0.3 is 5.97 Å². The zero-order valence-electron chi connectivity index (χ0n) is 4.48. The van der Waals surface area contributed by atoms with Gasteiger partial charge in [0.2, 0.25) is 0 Å². The van der Waals surface area contributed by atoms with Crippen LogP contribution in [-0.2, 0) is 4.79 Å². The smallest absolute Gasteiger partial charge is 0.336 e. The largest absolute Gasteiger partial charge is 0.478 e. The van der Waals surface area contributed by atoms with Crippen LogP contribution in [0.4, 0.5) is 0 Å². The van der Waals surface area contributed by atoms with E-state index >= 15 is 0 Å². The van der Waals surface area contributed by atoms with Gasteiger partial charge in [0, 0.05) is 6.21 Å². The molecule has 4 heteroatoms. The van der Waals surface area contributed by atoms with Crippen LogP contribution in [0.2, 0.25) is 0 Å². The summed E-state index contributed by atoms with van der Waals surface area (Å²) in [4.78, 5) is 13.5. The van der Waals surface area contributed by atoms with Gasteiger partial charge in [0.05, 0.1) is 5.57 Å². The minimum absolute atomic E-state index is 0.0741. The average Bonchev–Trinajstić information content (AvgIpc) is 2.13. The van der Waals surface area contributed by atoms with Gasteiger partial charge in [-0.2, -0.15) is 0 Å². The van der Waals surface area contributed by atoms with Crippen molar-refractivity contribution in [2.24, 2.45) is 4.99 Å². The van der Waals surface area contributed by atoms with Crippen LogP contribution in [0.5, 0.6) is 0 Å². The minimum Gasteiger partial charge on any atom is -0.478 e. The molecule has 1 atom stereocenters. The van der Waals surface area contributed by atoms with Crippen molar-refractivity contribution < 1.29 is 15.0 Å². The lowest BCUT2D eigenvalue weighted by atomic mass is 10.2. The normalized spacial score (nSPS) is 24.1. The van der Waals surface area contributed by atoms with E-state index in [0.717, 1.165) is 0 Å². The summed E-state index contributed by atoms with van der Waals surface area (Å²) in [6.07, 6.45) is 1.38. The Balaban J connectivity index is 2.76. The van der Waals surface area contributed by atoms with Crippen molar-refractivity contribution in [3.63, 3.8) is 0 Å². The summed E-state index contributed by atoms with van der Waals surface area (Å²) in [5.74, 6) is -1.13. The number of aliphatic hydroxyl groups is 1. The van der Waals surface area contributed by atoms with Crippen LogP contribution < -0.4 is 0 Å². The second kappa shape index (κ2) is 1.99. The Morgan fingerprint density at radius 1 is 1.78 bits per heavy atom. The van der Waals surface area contributed by atoms with Crippen molar-refractivity contribution in [2.45, 2.75) is 6.23 Å². The Kier molecular flexibility index (Phi) is 1.32. The highest BCUT2D eigenvalue weighted by atomic mass is 16.4. The molecule has 2 N–H and O–H groups in total. The quantitative estimate of drug-likeness (QED) is 0.494. The van der Waals surface area contributed by atoms with Gasteiger partial charge in [0.1, 0.15) is 0 Å². The predicted molar refractivity (Wildman–Crippen MR) is 30.2 cm³/mol. The lowest BCUT2D eigenvalue weighted by molar-refractivity contribution is -0.133. The van der Waals surface area contributed by atoms with Gasteiger partial charge in [-0.25, -0.2) is 4.79 Å². The van der Waals surface area contributed by atoms with E-state index in [9.17, 15) is 4.79 Å². The highest BCUT2D eigenvalue weighted by molar-refractivity contribution is 5.95. The Hall–Kier alpha value is -1.16. The molecule has 0 aromatic rings. The number of hydrogen-bond donors (Lipinski definition) is 2. The maximum absolute atomic E-state index is 10.1. The zero-order valence-corrected chi connectivity index (χ0v) is 4.48. The highest BCUT2D eigenvalue weighted by Gasteiger charge is 2.18. The van der Waals surface area contributed by atoms with E-state index < -0.39 is 12.2 Å². The van der Waals surface area contributed by atoms with Crippen LogP contribution in [0.1, 0.15) is 0 Å². The van der Waals surface area contributed by atoms with Gasteiger partial charge in [0.15, 0.2) is 6.23 Å². The number of rotatable bonds is 1. The van der Waals surface area contributed by atoms with E-state index in [1.165, 1.54) is 12.3 Å². The Bertz CT molecular complexity index is 194. The summed E-state index contributed by atoms with van der Waals surface area (Å²) in [6.45, 7) is 0. The van der Waals surface area contributed by atoms with Crippen LogP contribution in [0.25, 0.3) is 0 Å². The monoisotopic (exact) mass is 127 g/mol. The number of hydrogen-bond acceptors (Lipinski definition) is 3. The fourth-order valence-corrected chi connectivity index (χ4v) is 0.553. The summed E-state index contributed by atoms with van der Waals surface area (Å²) in [7, 11) is 0. The molecule has 0 aromatic heterocycles. The molecule has 0 fully saturated rings. The molecule has 1 aliphatic rings. The number of allylic oxidation sites excluding steroid dienone is 1. The molecule has 0 bridgehead atoms. The van der Waals surface area contributed by atoms with Crippen molar-refractivity contribution in [2.75, 3.05) is 0 Å². The summed E-state index contributed by atoms with van der Waals surface area (Å²) in [5.41, 5.74) is -0.0741. The second-order valence-corrected chi connectivity index (χ2v) is 1.60. The van der Waals surface area contributed by atoms with Crippen LogP contribution in [-0.4, -0.2) is 28.6 Å². The fourth-order valence-electron chi connectivity index (χ4n) is 0.553. The Morgan fingerprint density at radius 3 is 2.67 bits per heavy atom. The lowest BCUT2D eigenvalue weighted by Gasteiger charge is -1.97. The van der Waals surface area contributed by atoms with Gasteiger partial charge in [-0.1, -0.05) is 0 Å². The van der Waals surface area contributed by atoms with Gasteiger partial charge in [-0.15, -0.1) is 0 Å². The number of nitrogens with zero attached hydrogens (tertiary/aromatic N) is 1. The number of aliphatic imine (C=N–C) groups is 1. The first-order valence-corrected chi connectivity index (χ1v) is 2.36. The Labute approximate surface area is 51.1 Å². The second-order valence-electron chi connectivity index (χ2n) is 1.60. The van der Waals surface area contributed by atoms with Gasteiger partial charge in [0.25, 0.3) is 0 Å². The first-order valence-electron chi connectivity index (χ1n) is 2.36. The van der Waals surface area contributed by atoms with Crippen molar-refractivity contribution in [1.29, 1.82) is 0 Å². The van der Waals surface area contributed by atoms with Crippen molar-refractivity contribution in [3.8, 4) is 0 Å². The molecule has 1 aliphatic heterocycles. The minimum atomic E-state index is -1.16. The molecule has 1 unspecified atom stereocenters. The molecule has 0 spiro atoms. The van der Waals surface area contributed by atoms with E-state index in [4.69, 9.17) is 10.2 Å². The third-order valence-electron chi connectivity index (χ3n) is 1.01. The van der Waals surface area contributed by atoms with E-state index in [0.29, 0.717) is 0 Å². The van der Waals surface area contributed by atoms with Crippen molar-refractivity contribution in [1.82, 2.24) is 0 Å². The third kappa shape index (κ3) is 0.972. The maximum Gasteiger partial charge on any atom is 0.336 e. The molecule has 4 nitrogen and oxygen atoms in total. The SMILES string of the molecule is O=C(O)C1=CC=NC1O. The number of aliphatic carboxylic acids is 1. The van der Waals surface area contributed by atoms with E-state index in [1.807, 2.05) is 0 Å².